The lowest BCUT2D eigenvalue weighted by molar-refractivity contribution is -0.139. The first-order chi connectivity index (χ1) is 13.8. The molecule has 0 heterocycles. The van der Waals surface area contributed by atoms with Crippen LogP contribution < -0.4 is 0 Å². The van der Waals surface area contributed by atoms with Crippen LogP contribution >= 0.6 is 0 Å². The second-order valence-electron chi connectivity index (χ2n) is 5.58. The largest absolute Gasteiger partial charge is 0.478 e. The summed E-state index contributed by atoms with van der Waals surface area (Å²) in [6.07, 6.45) is 3.12. The van der Waals surface area contributed by atoms with E-state index in [2.05, 4.69) is 42.7 Å². The summed E-state index contributed by atoms with van der Waals surface area (Å²) in [6, 6.07) is 0. The molecule has 172 valence electrons. The third-order valence-corrected chi connectivity index (χ3v) is 2.43. The van der Waals surface area contributed by atoms with E-state index in [9.17, 15) is 19.2 Å². The van der Waals surface area contributed by atoms with Crippen LogP contribution in [0.15, 0.2) is 49.1 Å². The maximum Gasteiger partial charge on any atom is 0.333 e. The normalized spacial score (nSPS) is 8.07. The Morgan fingerprint density at radius 2 is 1.30 bits per heavy atom. The molecule has 0 bridgehead atoms. The Labute approximate surface area is 179 Å². The van der Waals surface area contributed by atoms with E-state index in [-0.39, 0.29) is 23.5 Å². The fourth-order valence-electron chi connectivity index (χ4n) is 0.808. The van der Waals surface area contributed by atoms with Crippen molar-refractivity contribution in [3.05, 3.63) is 49.1 Å². The lowest BCUT2D eigenvalue weighted by Gasteiger charge is -2.01. The van der Waals surface area contributed by atoms with Crippen LogP contribution in [0.5, 0.6) is 0 Å². The molecule has 0 saturated heterocycles. The van der Waals surface area contributed by atoms with E-state index < -0.39 is 5.97 Å². The average Bonchev–Trinajstić information content (AvgIpc) is 2.68. The molecule has 0 aromatic heterocycles. The number of hydrogen-bond acceptors (Lipinski definition) is 7. The van der Waals surface area contributed by atoms with Crippen LogP contribution in [0.25, 0.3) is 0 Å². The van der Waals surface area contributed by atoms with Crippen LogP contribution in [0.1, 0.15) is 47.5 Å². The zero-order valence-electron chi connectivity index (χ0n) is 19.0. The third kappa shape index (κ3) is 32.5. The summed E-state index contributed by atoms with van der Waals surface area (Å²) in [5, 5.41) is 7.89. The van der Waals surface area contributed by atoms with Gasteiger partial charge in [0.05, 0.1) is 20.3 Å². The van der Waals surface area contributed by atoms with Crippen molar-refractivity contribution in [2.45, 2.75) is 47.5 Å². The molecule has 8 nitrogen and oxygen atoms in total. The van der Waals surface area contributed by atoms with Gasteiger partial charge in [-0.05, 0) is 34.1 Å². The molecule has 8 heteroatoms. The number of unbranched alkanes of at least 4 members (excludes halogenated alkanes) is 1. The Balaban J connectivity index is -0.000000153. The Morgan fingerprint density at radius 3 is 1.47 bits per heavy atom. The van der Waals surface area contributed by atoms with E-state index in [0.29, 0.717) is 24.4 Å². The van der Waals surface area contributed by atoms with E-state index in [1.165, 1.54) is 14.0 Å². The van der Waals surface area contributed by atoms with Gasteiger partial charge in [-0.1, -0.05) is 39.7 Å². The van der Waals surface area contributed by atoms with Crippen molar-refractivity contribution in [1.29, 1.82) is 0 Å². The monoisotopic (exact) mass is 428 g/mol. The molecule has 0 aliphatic rings. The summed E-state index contributed by atoms with van der Waals surface area (Å²) in [5.41, 5.74) is 1.08. The van der Waals surface area contributed by atoms with Crippen LogP contribution in [-0.4, -0.2) is 49.3 Å². The van der Waals surface area contributed by atoms with Gasteiger partial charge < -0.3 is 19.3 Å². The highest BCUT2D eigenvalue weighted by atomic mass is 16.5. The minimum absolute atomic E-state index is 0.176. The first-order valence-corrected chi connectivity index (χ1v) is 9.06. The summed E-state index contributed by atoms with van der Waals surface area (Å²) in [4.78, 5) is 40.6. The van der Waals surface area contributed by atoms with Crippen molar-refractivity contribution >= 4 is 23.9 Å². The van der Waals surface area contributed by atoms with Crippen molar-refractivity contribution in [3.63, 3.8) is 0 Å². The molecule has 0 fully saturated rings. The van der Waals surface area contributed by atoms with E-state index >= 15 is 0 Å². The van der Waals surface area contributed by atoms with Crippen LogP contribution in [0.2, 0.25) is 0 Å². The van der Waals surface area contributed by atoms with E-state index in [1.807, 2.05) is 0 Å². The van der Waals surface area contributed by atoms with Gasteiger partial charge in [0.25, 0.3) is 0 Å². The second-order valence-corrected chi connectivity index (χ2v) is 5.58. The van der Waals surface area contributed by atoms with E-state index in [0.717, 1.165) is 18.9 Å². The molecule has 0 amide bonds. The number of esters is 3. The molecule has 0 spiro atoms. The number of carbonyl (C=O) groups is 4. The summed E-state index contributed by atoms with van der Waals surface area (Å²) < 4.78 is 13.5. The maximum atomic E-state index is 10.7. The Hall–Kier alpha value is -3.16. The standard InChI is InChI=1S/C8H14O2.2C5H8O2.C4H6O2/c1-4-5-6-10-8(9)7(2)3;1-4(2)5(6)7-3;1-3-5(6)7-4-2;1-3(2)4(5)6/h2,4-6H2,1,3H3;1H2,2-3H3;3H,1,4H2,2H3;1H2,2H3,(H,5,6). The van der Waals surface area contributed by atoms with Gasteiger partial charge in [-0.25, -0.2) is 19.2 Å². The SMILES string of the molecule is C=C(C)C(=O)O.C=C(C)C(=O)OC.C=C(C)C(=O)OCCCC.C=CC(=O)OCC. The van der Waals surface area contributed by atoms with Crippen molar-refractivity contribution in [2.75, 3.05) is 20.3 Å². The van der Waals surface area contributed by atoms with Gasteiger partial charge in [-0.2, -0.15) is 0 Å². The lowest BCUT2D eigenvalue weighted by atomic mass is 10.3. The molecule has 0 aromatic rings. The molecular formula is C22H36O8. The van der Waals surface area contributed by atoms with Gasteiger partial charge in [0.1, 0.15) is 0 Å². The predicted octanol–water partition coefficient (Wildman–Crippen LogP) is 4.02. The van der Waals surface area contributed by atoms with Gasteiger partial charge in [-0.3, -0.25) is 0 Å². The number of methoxy groups -OCH3 is 1. The highest BCUT2D eigenvalue weighted by Gasteiger charge is 2.00. The van der Waals surface area contributed by atoms with Crippen molar-refractivity contribution < 1.29 is 38.5 Å². The molecule has 0 atom stereocenters. The van der Waals surface area contributed by atoms with Gasteiger partial charge >= 0.3 is 23.9 Å². The van der Waals surface area contributed by atoms with Crippen molar-refractivity contribution in [3.8, 4) is 0 Å². The van der Waals surface area contributed by atoms with Crippen LogP contribution in [-0.2, 0) is 33.4 Å². The Bertz CT molecular complexity index is 574. The molecule has 0 aromatic carbocycles. The summed E-state index contributed by atoms with van der Waals surface area (Å²) >= 11 is 0. The third-order valence-electron chi connectivity index (χ3n) is 2.43. The fraction of sp³-hybridized carbons (Fsp3) is 0.455. The Morgan fingerprint density at radius 1 is 0.867 bits per heavy atom. The number of carboxylic acid groups (broad SMARTS) is 1. The van der Waals surface area contributed by atoms with Crippen LogP contribution in [0.3, 0.4) is 0 Å². The predicted molar refractivity (Wildman–Crippen MR) is 117 cm³/mol. The Kier molecular flexibility index (Phi) is 27.3. The maximum absolute atomic E-state index is 10.7. The zero-order chi connectivity index (χ0) is 24.7. The number of hydrogen-bond donors (Lipinski definition) is 1. The highest BCUT2D eigenvalue weighted by molar-refractivity contribution is 5.87. The van der Waals surface area contributed by atoms with Gasteiger partial charge in [-0.15, -0.1) is 0 Å². The summed E-state index contributed by atoms with van der Waals surface area (Å²) in [6.45, 7) is 22.6. The molecule has 0 aliphatic carbocycles. The minimum Gasteiger partial charge on any atom is -0.478 e. The second kappa shape index (κ2) is 23.9. The molecule has 0 radical (unpaired) electrons. The number of rotatable bonds is 8. The average molecular weight is 429 g/mol. The van der Waals surface area contributed by atoms with E-state index in [1.54, 1.807) is 20.8 Å². The molecule has 0 rings (SSSR count). The lowest BCUT2D eigenvalue weighted by Crippen LogP contribution is -2.05. The van der Waals surface area contributed by atoms with Gasteiger partial charge in [0.2, 0.25) is 0 Å². The van der Waals surface area contributed by atoms with Crippen LogP contribution in [0, 0.1) is 0 Å². The molecule has 30 heavy (non-hydrogen) atoms. The molecule has 0 unspecified atom stereocenters. The highest BCUT2D eigenvalue weighted by Crippen LogP contribution is 1.94. The number of carboxylic acids is 1. The summed E-state index contributed by atoms with van der Waals surface area (Å²) in [5.74, 6) is -1.93. The minimum atomic E-state index is -0.935. The first kappa shape index (κ1) is 34.4. The number of carbonyl (C=O) groups excluding carboxylic acids is 3. The molecular weight excluding hydrogens is 392 g/mol. The molecule has 0 saturated carbocycles. The first-order valence-electron chi connectivity index (χ1n) is 9.06. The van der Waals surface area contributed by atoms with Gasteiger partial charge in [0.15, 0.2) is 0 Å². The van der Waals surface area contributed by atoms with Crippen molar-refractivity contribution in [1.82, 2.24) is 0 Å². The smallest absolute Gasteiger partial charge is 0.333 e. The van der Waals surface area contributed by atoms with E-state index in [4.69, 9.17) is 9.84 Å². The van der Waals surface area contributed by atoms with Crippen molar-refractivity contribution in [2.24, 2.45) is 0 Å². The van der Waals surface area contributed by atoms with Gasteiger partial charge in [0, 0.05) is 22.8 Å². The van der Waals surface area contributed by atoms with Crippen LogP contribution in [0.4, 0.5) is 0 Å². The molecule has 1 N–H and O–H groups in total. The fourth-order valence-corrected chi connectivity index (χ4v) is 0.808. The quantitative estimate of drug-likeness (QED) is 0.267. The topological polar surface area (TPSA) is 116 Å². The zero-order valence-corrected chi connectivity index (χ0v) is 19.0. The number of aliphatic carboxylic acids is 1. The summed E-state index contributed by atoms with van der Waals surface area (Å²) in [7, 11) is 1.33. The number of ether oxygens (including phenoxy) is 3. The molecule has 0 aliphatic heterocycles.